The van der Waals surface area contributed by atoms with E-state index in [-0.39, 0.29) is 0 Å². The van der Waals surface area contributed by atoms with E-state index in [2.05, 4.69) is 15.3 Å². The number of nitrogens with zero attached hydrogens (tertiary/aromatic N) is 2. The number of aryl methyl sites for hydroxylation is 1. The Labute approximate surface area is 107 Å². The lowest BCUT2D eigenvalue weighted by atomic mass is 9.86. The first-order valence-electron chi connectivity index (χ1n) is 5.70. The topological polar surface area (TPSA) is 58.0 Å². The van der Waals surface area contributed by atoms with Crippen LogP contribution >= 0.6 is 11.6 Å². The molecule has 0 radical (unpaired) electrons. The average molecular weight is 258 g/mol. The molecule has 0 fully saturated rings. The highest BCUT2D eigenvalue weighted by atomic mass is 35.5. The molecule has 0 aliphatic carbocycles. The van der Waals surface area contributed by atoms with E-state index in [0.717, 1.165) is 6.42 Å². The molecule has 2 N–H and O–H groups in total. The Morgan fingerprint density at radius 2 is 1.88 bits per heavy atom. The fourth-order valence-corrected chi connectivity index (χ4v) is 1.36. The van der Waals surface area contributed by atoms with Gasteiger partial charge in [0.1, 0.15) is 16.8 Å². The third-order valence-corrected chi connectivity index (χ3v) is 3.22. The summed E-state index contributed by atoms with van der Waals surface area (Å²) < 4.78 is 0. The summed E-state index contributed by atoms with van der Waals surface area (Å²) in [7, 11) is 0. The van der Waals surface area contributed by atoms with E-state index in [0.29, 0.717) is 16.8 Å². The molecule has 1 aromatic heterocycles. The van der Waals surface area contributed by atoms with Gasteiger partial charge in [0, 0.05) is 12.5 Å². The Balaban J connectivity index is 2.99. The third-order valence-electron chi connectivity index (χ3n) is 3.03. The van der Waals surface area contributed by atoms with Gasteiger partial charge < -0.3 is 10.4 Å². The van der Waals surface area contributed by atoms with Crippen molar-refractivity contribution in [2.75, 3.05) is 5.32 Å². The number of aromatic nitrogens is 2. The highest BCUT2D eigenvalue weighted by Gasteiger charge is 2.35. The predicted molar refractivity (Wildman–Crippen MR) is 70.4 cm³/mol. The first kappa shape index (κ1) is 14.2. The molecule has 0 spiro atoms. The summed E-state index contributed by atoms with van der Waals surface area (Å²) in [4.78, 5) is 8.43. The highest BCUT2D eigenvalue weighted by molar-refractivity contribution is 6.29. The molecule has 0 saturated carbocycles. The minimum absolute atomic E-state index is 0.408. The van der Waals surface area contributed by atoms with Crippen molar-refractivity contribution >= 4 is 17.4 Å². The molecule has 0 aromatic carbocycles. The largest absolute Gasteiger partial charge is 0.388 e. The zero-order valence-corrected chi connectivity index (χ0v) is 11.8. The van der Waals surface area contributed by atoms with Gasteiger partial charge in [-0.3, -0.25) is 0 Å². The number of hydrogen-bond donors (Lipinski definition) is 2. The summed E-state index contributed by atoms with van der Waals surface area (Å²) in [5, 5.41) is 13.7. The number of nitrogens with one attached hydrogen (secondary N) is 1. The standard InChI is InChI=1S/C12H20ClN3O/c1-6-9-14-8(13)7-10(15-9)16-11(2,3)12(4,5)17/h7,17H,6H2,1-5H3,(H,14,15,16). The maximum absolute atomic E-state index is 10.1. The van der Waals surface area contributed by atoms with Gasteiger partial charge in [-0.05, 0) is 27.7 Å². The molecule has 1 aromatic rings. The molecule has 0 bridgehead atoms. The molecule has 4 nitrogen and oxygen atoms in total. The van der Waals surface area contributed by atoms with Gasteiger partial charge in [-0.2, -0.15) is 0 Å². The van der Waals surface area contributed by atoms with Crippen LogP contribution in [0.5, 0.6) is 0 Å². The average Bonchev–Trinajstić information content (AvgIpc) is 2.14. The second-order valence-corrected chi connectivity index (χ2v) is 5.54. The van der Waals surface area contributed by atoms with Crippen molar-refractivity contribution < 1.29 is 5.11 Å². The summed E-state index contributed by atoms with van der Waals surface area (Å²) in [6.07, 6.45) is 0.720. The van der Waals surface area contributed by atoms with Gasteiger partial charge in [0.15, 0.2) is 0 Å². The van der Waals surface area contributed by atoms with Crippen LogP contribution in [0.25, 0.3) is 0 Å². The molecule has 96 valence electrons. The molecule has 1 heterocycles. The lowest BCUT2D eigenvalue weighted by Crippen LogP contribution is -2.51. The number of rotatable bonds is 4. The molecule has 0 aliphatic rings. The van der Waals surface area contributed by atoms with Crippen LogP contribution in [-0.4, -0.2) is 26.2 Å². The van der Waals surface area contributed by atoms with E-state index < -0.39 is 11.1 Å². The maximum Gasteiger partial charge on any atom is 0.134 e. The number of hydrogen-bond acceptors (Lipinski definition) is 4. The van der Waals surface area contributed by atoms with Gasteiger partial charge in [-0.15, -0.1) is 0 Å². The monoisotopic (exact) mass is 257 g/mol. The van der Waals surface area contributed by atoms with Crippen LogP contribution in [0.4, 0.5) is 5.82 Å². The van der Waals surface area contributed by atoms with E-state index in [4.69, 9.17) is 11.6 Å². The summed E-state index contributed by atoms with van der Waals surface area (Å²) in [5.41, 5.74) is -1.40. The van der Waals surface area contributed by atoms with Crippen LogP contribution < -0.4 is 5.32 Å². The Morgan fingerprint density at radius 1 is 1.29 bits per heavy atom. The Bertz CT molecular complexity index is 399. The Morgan fingerprint density at radius 3 is 2.35 bits per heavy atom. The molecule has 0 saturated heterocycles. The van der Waals surface area contributed by atoms with Crippen LogP contribution in [0.2, 0.25) is 5.15 Å². The fourth-order valence-electron chi connectivity index (χ4n) is 1.16. The third kappa shape index (κ3) is 3.54. The lowest BCUT2D eigenvalue weighted by molar-refractivity contribution is 0.0238. The SMILES string of the molecule is CCc1nc(Cl)cc(NC(C)(C)C(C)(C)O)n1. The Kier molecular flexibility index (Phi) is 3.99. The molecule has 1 rings (SSSR count). The van der Waals surface area contributed by atoms with Crippen molar-refractivity contribution in [2.45, 2.75) is 52.2 Å². The molecular weight excluding hydrogens is 238 g/mol. The van der Waals surface area contributed by atoms with Crippen molar-refractivity contribution in [3.05, 3.63) is 17.0 Å². The van der Waals surface area contributed by atoms with Crippen molar-refractivity contribution in [1.82, 2.24) is 9.97 Å². The zero-order chi connectivity index (χ0) is 13.3. The molecule has 5 heteroatoms. The Hall–Kier alpha value is -0.870. The van der Waals surface area contributed by atoms with Crippen molar-refractivity contribution in [1.29, 1.82) is 0 Å². The van der Waals surface area contributed by atoms with Crippen LogP contribution in [0.1, 0.15) is 40.4 Å². The van der Waals surface area contributed by atoms with Gasteiger partial charge in [0.2, 0.25) is 0 Å². The van der Waals surface area contributed by atoms with E-state index in [9.17, 15) is 5.11 Å². The van der Waals surface area contributed by atoms with Gasteiger partial charge in [-0.1, -0.05) is 18.5 Å². The van der Waals surface area contributed by atoms with Crippen LogP contribution in [-0.2, 0) is 6.42 Å². The van der Waals surface area contributed by atoms with Crippen LogP contribution in [0.3, 0.4) is 0 Å². The second kappa shape index (κ2) is 4.78. The molecule has 0 atom stereocenters. The molecule has 17 heavy (non-hydrogen) atoms. The van der Waals surface area contributed by atoms with E-state index in [1.54, 1.807) is 19.9 Å². The fraction of sp³-hybridized carbons (Fsp3) is 0.667. The summed E-state index contributed by atoms with van der Waals surface area (Å²) in [5.74, 6) is 1.32. The predicted octanol–water partition coefficient (Wildman–Crippen LogP) is 2.65. The van der Waals surface area contributed by atoms with Crippen LogP contribution in [0.15, 0.2) is 6.07 Å². The van der Waals surface area contributed by atoms with Gasteiger partial charge in [0.05, 0.1) is 11.1 Å². The number of anilines is 1. The first-order chi connectivity index (χ1) is 7.65. The molecular formula is C12H20ClN3O. The summed E-state index contributed by atoms with van der Waals surface area (Å²) >= 11 is 5.92. The summed E-state index contributed by atoms with van der Waals surface area (Å²) in [6, 6.07) is 1.66. The van der Waals surface area contributed by atoms with E-state index >= 15 is 0 Å². The minimum atomic E-state index is -0.878. The summed E-state index contributed by atoms with van der Waals surface area (Å²) in [6.45, 7) is 9.30. The van der Waals surface area contributed by atoms with Crippen LogP contribution in [0, 0.1) is 0 Å². The van der Waals surface area contributed by atoms with Gasteiger partial charge in [0.25, 0.3) is 0 Å². The smallest absolute Gasteiger partial charge is 0.134 e. The number of aliphatic hydroxyl groups is 1. The molecule has 0 amide bonds. The quantitative estimate of drug-likeness (QED) is 0.815. The molecule has 0 unspecified atom stereocenters. The van der Waals surface area contributed by atoms with Gasteiger partial charge in [-0.25, -0.2) is 9.97 Å². The highest BCUT2D eigenvalue weighted by Crippen LogP contribution is 2.25. The lowest BCUT2D eigenvalue weighted by Gasteiger charge is -2.38. The van der Waals surface area contributed by atoms with Crippen molar-refractivity contribution in [3.63, 3.8) is 0 Å². The normalized spacial score (nSPS) is 12.6. The molecule has 0 aliphatic heterocycles. The zero-order valence-electron chi connectivity index (χ0n) is 11.0. The number of halogens is 1. The maximum atomic E-state index is 10.1. The van der Waals surface area contributed by atoms with Crippen molar-refractivity contribution in [3.8, 4) is 0 Å². The minimum Gasteiger partial charge on any atom is -0.388 e. The van der Waals surface area contributed by atoms with Gasteiger partial charge >= 0.3 is 0 Å². The van der Waals surface area contributed by atoms with E-state index in [1.807, 2.05) is 20.8 Å². The second-order valence-electron chi connectivity index (χ2n) is 5.15. The van der Waals surface area contributed by atoms with E-state index in [1.165, 1.54) is 0 Å². The van der Waals surface area contributed by atoms with Crippen molar-refractivity contribution in [2.24, 2.45) is 0 Å². The first-order valence-corrected chi connectivity index (χ1v) is 6.07.